The molecule has 0 radical (unpaired) electrons. The lowest BCUT2D eigenvalue weighted by molar-refractivity contribution is 0.355. The van der Waals surface area contributed by atoms with Gasteiger partial charge in [0, 0.05) is 0 Å². The summed E-state index contributed by atoms with van der Waals surface area (Å²) < 4.78 is 10.9. The fourth-order valence-electron chi connectivity index (χ4n) is 3.32. The van der Waals surface area contributed by atoms with Crippen LogP contribution in [0.4, 0.5) is 0 Å². The van der Waals surface area contributed by atoms with Crippen molar-refractivity contribution in [2.75, 3.05) is 14.2 Å². The van der Waals surface area contributed by atoms with Gasteiger partial charge < -0.3 is 9.47 Å². The van der Waals surface area contributed by atoms with Gasteiger partial charge in [-0.05, 0) is 50.9 Å². The van der Waals surface area contributed by atoms with Gasteiger partial charge in [0.15, 0.2) is 11.5 Å². The van der Waals surface area contributed by atoms with Gasteiger partial charge in [0.2, 0.25) is 0 Å². The zero-order valence-corrected chi connectivity index (χ0v) is 13.7. The Morgan fingerprint density at radius 1 is 0.583 bits per heavy atom. The van der Waals surface area contributed by atoms with Gasteiger partial charge in [0.1, 0.15) is 0 Å². The van der Waals surface area contributed by atoms with Crippen molar-refractivity contribution in [3.63, 3.8) is 0 Å². The average molecular weight is 314 g/mol. The number of ether oxygens (including phenoxy) is 2. The largest absolute Gasteiger partial charge is 0.493 e. The molecular formula is C22H18O2. The summed E-state index contributed by atoms with van der Waals surface area (Å²) in [5.74, 6) is 1.48. The predicted molar refractivity (Wildman–Crippen MR) is 100.0 cm³/mol. The van der Waals surface area contributed by atoms with E-state index in [9.17, 15) is 0 Å². The van der Waals surface area contributed by atoms with Crippen LogP contribution in [0.2, 0.25) is 0 Å². The van der Waals surface area contributed by atoms with E-state index >= 15 is 0 Å². The summed E-state index contributed by atoms with van der Waals surface area (Å²) in [6, 6.07) is 25.3. The van der Waals surface area contributed by atoms with Crippen LogP contribution in [-0.4, -0.2) is 14.2 Å². The topological polar surface area (TPSA) is 18.5 Å². The van der Waals surface area contributed by atoms with E-state index in [1.54, 1.807) is 14.2 Å². The quantitative estimate of drug-likeness (QED) is 0.453. The highest BCUT2D eigenvalue weighted by Gasteiger charge is 2.12. The molecule has 0 bridgehead atoms. The van der Waals surface area contributed by atoms with E-state index < -0.39 is 0 Å². The fourth-order valence-corrected chi connectivity index (χ4v) is 3.32. The second kappa shape index (κ2) is 5.89. The second-order valence-electron chi connectivity index (χ2n) is 5.76. The zero-order valence-electron chi connectivity index (χ0n) is 13.7. The van der Waals surface area contributed by atoms with E-state index in [1.165, 1.54) is 27.1 Å². The molecule has 4 aromatic rings. The van der Waals surface area contributed by atoms with Crippen LogP contribution in [0.25, 0.3) is 32.7 Å². The SMILES string of the molecule is COc1ccc(-c2c3ccccc3cc3ccccc23)cc1OC. The van der Waals surface area contributed by atoms with Crippen molar-refractivity contribution in [3.05, 3.63) is 72.8 Å². The van der Waals surface area contributed by atoms with Gasteiger partial charge in [-0.3, -0.25) is 0 Å². The molecule has 0 unspecified atom stereocenters. The third-order valence-corrected chi connectivity index (χ3v) is 4.44. The normalized spacial score (nSPS) is 10.9. The zero-order chi connectivity index (χ0) is 16.5. The highest BCUT2D eigenvalue weighted by atomic mass is 16.5. The summed E-state index contributed by atoms with van der Waals surface area (Å²) in [7, 11) is 3.33. The Morgan fingerprint density at radius 3 is 1.75 bits per heavy atom. The van der Waals surface area contributed by atoms with Crippen LogP contribution >= 0.6 is 0 Å². The predicted octanol–water partition coefficient (Wildman–Crippen LogP) is 5.68. The Hall–Kier alpha value is -3.00. The molecule has 0 fully saturated rings. The number of methoxy groups -OCH3 is 2. The molecule has 0 aliphatic heterocycles. The summed E-state index contributed by atoms with van der Waals surface area (Å²) in [6.45, 7) is 0. The van der Waals surface area contributed by atoms with E-state index in [2.05, 4.69) is 60.7 Å². The minimum absolute atomic E-state index is 0.741. The second-order valence-corrected chi connectivity index (χ2v) is 5.76. The maximum Gasteiger partial charge on any atom is 0.161 e. The van der Waals surface area contributed by atoms with Crippen molar-refractivity contribution in [1.29, 1.82) is 0 Å². The van der Waals surface area contributed by atoms with E-state index in [-0.39, 0.29) is 0 Å². The lowest BCUT2D eigenvalue weighted by atomic mass is 9.92. The van der Waals surface area contributed by atoms with Crippen molar-refractivity contribution in [2.24, 2.45) is 0 Å². The third kappa shape index (κ3) is 2.28. The lowest BCUT2D eigenvalue weighted by Crippen LogP contribution is -1.92. The molecule has 0 saturated heterocycles. The Balaban J connectivity index is 2.10. The minimum atomic E-state index is 0.741. The molecule has 0 aliphatic carbocycles. The third-order valence-electron chi connectivity index (χ3n) is 4.44. The first kappa shape index (κ1) is 14.6. The molecule has 118 valence electrons. The molecule has 4 rings (SSSR count). The Labute approximate surface area is 141 Å². The van der Waals surface area contributed by atoms with Crippen LogP contribution < -0.4 is 9.47 Å². The molecule has 2 nitrogen and oxygen atoms in total. The van der Waals surface area contributed by atoms with Crippen molar-refractivity contribution in [3.8, 4) is 22.6 Å². The molecule has 0 spiro atoms. The lowest BCUT2D eigenvalue weighted by Gasteiger charge is -2.14. The summed E-state index contributed by atoms with van der Waals surface area (Å²) in [5.41, 5.74) is 2.35. The Morgan fingerprint density at radius 2 is 1.17 bits per heavy atom. The molecule has 2 heteroatoms. The summed E-state index contributed by atoms with van der Waals surface area (Å²) in [6.07, 6.45) is 0. The summed E-state index contributed by atoms with van der Waals surface area (Å²) >= 11 is 0. The first-order valence-corrected chi connectivity index (χ1v) is 7.94. The molecule has 0 saturated carbocycles. The molecule has 0 amide bonds. The number of rotatable bonds is 3. The standard InChI is InChI=1S/C22H18O2/c1-23-20-12-11-17(14-21(20)24-2)22-18-9-5-3-7-15(18)13-16-8-4-6-10-19(16)22/h3-14H,1-2H3. The van der Waals surface area contributed by atoms with Crippen molar-refractivity contribution in [2.45, 2.75) is 0 Å². The van der Waals surface area contributed by atoms with E-state index in [0.29, 0.717) is 0 Å². The highest BCUT2D eigenvalue weighted by molar-refractivity contribution is 6.12. The molecule has 0 heterocycles. The van der Waals surface area contributed by atoms with E-state index in [0.717, 1.165) is 17.1 Å². The molecule has 4 aromatic carbocycles. The van der Waals surface area contributed by atoms with Gasteiger partial charge in [-0.15, -0.1) is 0 Å². The summed E-state index contributed by atoms with van der Waals surface area (Å²) in [4.78, 5) is 0. The van der Waals surface area contributed by atoms with Crippen molar-refractivity contribution in [1.82, 2.24) is 0 Å². The number of benzene rings is 4. The maximum absolute atomic E-state index is 5.50. The Kier molecular flexibility index (Phi) is 3.58. The van der Waals surface area contributed by atoms with Gasteiger partial charge in [0.05, 0.1) is 14.2 Å². The molecular weight excluding hydrogens is 296 g/mol. The van der Waals surface area contributed by atoms with Gasteiger partial charge in [-0.25, -0.2) is 0 Å². The van der Waals surface area contributed by atoms with Gasteiger partial charge in [-0.1, -0.05) is 54.6 Å². The van der Waals surface area contributed by atoms with Crippen LogP contribution in [0.5, 0.6) is 11.5 Å². The highest BCUT2D eigenvalue weighted by Crippen LogP contribution is 2.39. The fraction of sp³-hybridized carbons (Fsp3) is 0.0909. The molecule has 0 N–H and O–H groups in total. The molecule has 0 aromatic heterocycles. The van der Waals surface area contributed by atoms with E-state index in [1.807, 2.05) is 12.1 Å². The molecule has 0 atom stereocenters. The Bertz CT molecular complexity index is 980. The van der Waals surface area contributed by atoms with E-state index in [4.69, 9.17) is 9.47 Å². The average Bonchev–Trinajstić information content (AvgIpc) is 2.65. The number of hydrogen-bond donors (Lipinski definition) is 0. The maximum atomic E-state index is 5.50. The minimum Gasteiger partial charge on any atom is -0.493 e. The van der Waals surface area contributed by atoms with Crippen molar-refractivity contribution >= 4 is 21.5 Å². The van der Waals surface area contributed by atoms with Gasteiger partial charge in [-0.2, -0.15) is 0 Å². The van der Waals surface area contributed by atoms with Gasteiger partial charge >= 0.3 is 0 Å². The monoisotopic (exact) mass is 314 g/mol. The summed E-state index contributed by atoms with van der Waals surface area (Å²) in [5, 5.41) is 4.95. The molecule has 24 heavy (non-hydrogen) atoms. The van der Waals surface area contributed by atoms with Crippen LogP contribution in [-0.2, 0) is 0 Å². The van der Waals surface area contributed by atoms with Crippen molar-refractivity contribution < 1.29 is 9.47 Å². The molecule has 0 aliphatic rings. The first-order chi connectivity index (χ1) is 11.8. The van der Waals surface area contributed by atoms with Crippen LogP contribution in [0.1, 0.15) is 0 Å². The van der Waals surface area contributed by atoms with Gasteiger partial charge in [0.25, 0.3) is 0 Å². The first-order valence-electron chi connectivity index (χ1n) is 7.94. The number of hydrogen-bond acceptors (Lipinski definition) is 2. The van der Waals surface area contributed by atoms with Crippen LogP contribution in [0.15, 0.2) is 72.8 Å². The number of fused-ring (bicyclic) bond motifs is 2. The van der Waals surface area contributed by atoms with Crippen LogP contribution in [0, 0.1) is 0 Å². The van der Waals surface area contributed by atoms with Crippen LogP contribution in [0.3, 0.4) is 0 Å². The smallest absolute Gasteiger partial charge is 0.161 e.